The van der Waals surface area contributed by atoms with Gasteiger partial charge < -0.3 is 15.8 Å². The number of nitrogens with two attached hydrogens (primary N) is 1. The molecule has 3 N–H and O–H groups in total. The van der Waals surface area contributed by atoms with Gasteiger partial charge in [-0.05, 0) is 20.3 Å². The first-order chi connectivity index (χ1) is 7.61. The first kappa shape index (κ1) is 20.3. The van der Waals surface area contributed by atoms with Crippen LogP contribution in [0.2, 0.25) is 0 Å². The summed E-state index contributed by atoms with van der Waals surface area (Å²) in [5, 5.41) is 2.77. The van der Waals surface area contributed by atoms with Gasteiger partial charge in [0.2, 0.25) is 5.91 Å². The topological polar surface area (TPSA) is 67.6 Å². The highest BCUT2D eigenvalue weighted by molar-refractivity contribution is 5.85. The molecule has 0 radical (unpaired) electrons. The largest absolute Gasteiger partial charge is 0.373 e. The molecule has 0 spiro atoms. The Bertz CT molecular complexity index is 222. The van der Waals surface area contributed by atoms with Crippen LogP contribution in [0.25, 0.3) is 0 Å². The van der Waals surface area contributed by atoms with E-state index in [0.717, 1.165) is 26.1 Å². The van der Waals surface area contributed by atoms with Crippen molar-refractivity contribution in [1.29, 1.82) is 0 Å². The van der Waals surface area contributed by atoms with E-state index < -0.39 is 0 Å². The van der Waals surface area contributed by atoms with E-state index in [1.807, 2.05) is 0 Å². The highest BCUT2D eigenvalue weighted by Crippen LogP contribution is 2.10. The number of hydrogen-bond donors (Lipinski definition) is 2. The molecule has 5 nitrogen and oxygen atoms in total. The van der Waals surface area contributed by atoms with E-state index in [1.165, 1.54) is 0 Å². The molecule has 1 amide bonds. The van der Waals surface area contributed by atoms with Gasteiger partial charge in [-0.15, -0.1) is 24.8 Å². The van der Waals surface area contributed by atoms with Crippen molar-refractivity contribution in [2.75, 3.05) is 32.7 Å². The molecule has 7 heteroatoms. The maximum Gasteiger partial charge on any atom is 0.233 e. The maximum absolute atomic E-state index is 10.9. The van der Waals surface area contributed by atoms with E-state index in [-0.39, 0.29) is 37.3 Å². The van der Waals surface area contributed by atoms with Gasteiger partial charge in [-0.2, -0.15) is 0 Å². The first-order valence-electron chi connectivity index (χ1n) is 5.96. The fraction of sp³-hybridized carbons (Fsp3) is 0.909. The highest BCUT2D eigenvalue weighted by Gasteiger charge is 2.21. The summed E-state index contributed by atoms with van der Waals surface area (Å²) >= 11 is 0. The van der Waals surface area contributed by atoms with Gasteiger partial charge in [0.25, 0.3) is 0 Å². The van der Waals surface area contributed by atoms with Gasteiger partial charge >= 0.3 is 0 Å². The molecule has 1 rings (SSSR count). The zero-order chi connectivity index (χ0) is 12.0. The summed E-state index contributed by atoms with van der Waals surface area (Å²) in [6, 6.07) is 0. The van der Waals surface area contributed by atoms with Crippen molar-refractivity contribution in [1.82, 2.24) is 10.2 Å². The monoisotopic (exact) mass is 301 g/mol. The Morgan fingerprint density at radius 3 is 2.39 bits per heavy atom. The second kappa shape index (κ2) is 10.8. The fourth-order valence-electron chi connectivity index (χ4n) is 2.07. The lowest BCUT2D eigenvalue weighted by Crippen LogP contribution is -2.46. The summed E-state index contributed by atoms with van der Waals surface area (Å²) in [5.74, 6) is -0.0799. The summed E-state index contributed by atoms with van der Waals surface area (Å²) in [5.41, 5.74) is 5.19. The summed E-state index contributed by atoms with van der Waals surface area (Å²) in [4.78, 5) is 13.3. The summed E-state index contributed by atoms with van der Waals surface area (Å²) in [6.07, 6.45) is 1.58. The molecular weight excluding hydrogens is 277 g/mol. The molecule has 1 saturated heterocycles. The van der Waals surface area contributed by atoms with Crippen molar-refractivity contribution in [3.8, 4) is 0 Å². The molecule has 0 saturated carbocycles. The number of amides is 1. The Balaban J connectivity index is 0. The Morgan fingerprint density at radius 1 is 1.33 bits per heavy atom. The van der Waals surface area contributed by atoms with Crippen LogP contribution in [0.5, 0.6) is 0 Å². The van der Waals surface area contributed by atoms with Gasteiger partial charge in [0.1, 0.15) is 0 Å². The third-order valence-corrected chi connectivity index (χ3v) is 2.65. The Labute approximate surface area is 122 Å². The van der Waals surface area contributed by atoms with Crippen molar-refractivity contribution >= 4 is 30.7 Å². The minimum Gasteiger partial charge on any atom is -0.373 e. The lowest BCUT2D eigenvalue weighted by Gasteiger charge is -2.35. The quantitative estimate of drug-likeness (QED) is 0.722. The van der Waals surface area contributed by atoms with Crippen LogP contribution in [0.1, 0.15) is 20.3 Å². The number of nitrogens with zero attached hydrogens (tertiary/aromatic N) is 1. The Morgan fingerprint density at radius 2 is 1.89 bits per heavy atom. The Hall–Kier alpha value is -0.0700. The standard InChI is InChI=1S/C11H23N3O2.2ClH/c1-9-7-14(8-10(2)16-9)5-3-4-13-11(15)6-12;;/h9-10H,3-8,12H2,1-2H3,(H,13,15);2*1H. The average Bonchev–Trinajstić information content (AvgIpc) is 2.22. The number of morpholine rings is 1. The lowest BCUT2D eigenvalue weighted by atomic mass is 10.2. The van der Waals surface area contributed by atoms with E-state index in [9.17, 15) is 4.79 Å². The molecule has 0 aromatic rings. The SMILES string of the molecule is CC1CN(CCCNC(=O)CN)CC(C)O1.Cl.Cl. The minimum absolute atomic E-state index is 0. The van der Waals surface area contributed by atoms with E-state index >= 15 is 0 Å². The van der Waals surface area contributed by atoms with Crippen LogP contribution >= 0.6 is 24.8 Å². The molecule has 18 heavy (non-hydrogen) atoms. The van der Waals surface area contributed by atoms with Crippen LogP contribution in [0, 0.1) is 0 Å². The van der Waals surface area contributed by atoms with Crippen molar-refractivity contribution in [3.05, 3.63) is 0 Å². The predicted octanol–water partition coefficient (Wildman–Crippen LogP) is 0.404. The number of carbonyl (C=O) groups is 1. The lowest BCUT2D eigenvalue weighted by molar-refractivity contribution is -0.119. The molecule has 0 aliphatic carbocycles. The second-order valence-electron chi connectivity index (χ2n) is 4.42. The molecule has 0 aromatic heterocycles. The third kappa shape index (κ3) is 8.11. The van der Waals surface area contributed by atoms with Gasteiger partial charge in [-0.1, -0.05) is 0 Å². The maximum atomic E-state index is 10.9. The van der Waals surface area contributed by atoms with Crippen LogP contribution in [-0.4, -0.2) is 55.7 Å². The smallest absolute Gasteiger partial charge is 0.233 e. The number of rotatable bonds is 5. The van der Waals surface area contributed by atoms with Crippen molar-refractivity contribution in [3.63, 3.8) is 0 Å². The van der Waals surface area contributed by atoms with Crippen LogP contribution in [0.15, 0.2) is 0 Å². The first-order valence-corrected chi connectivity index (χ1v) is 5.96. The molecule has 2 unspecified atom stereocenters. The molecular formula is C11H25Cl2N3O2. The van der Waals surface area contributed by atoms with Gasteiger partial charge in [0, 0.05) is 26.2 Å². The van der Waals surface area contributed by atoms with E-state index in [2.05, 4.69) is 24.1 Å². The van der Waals surface area contributed by atoms with Crippen molar-refractivity contribution in [2.24, 2.45) is 5.73 Å². The molecule has 2 atom stereocenters. The Kier molecular flexibility index (Phi) is 12.2. The normalized spacial score (nSPS) is 23.7. The highest BCUT2D eigenvalue weighted by atomic mass is 35.5. The summed E-state index contributed by atoms with van der Waals surface area (Å²) < 4.78 is 5.65. The number of hydrogen-bond acceptors (Lipinski definition) is 4. The molecule has 1 heterocycles. The minimum atomic E-state index is -0.0799. The van der Waals surface area contributed by atoms with Crippen LogP contribution in [-0.2, 0) is 9.53 Å². The van der Waals surface area contributed by atoms with Crippen molar-refractivity contribution in [2.45, 2.75) is 32.5 Å². The molecule has 110 valence electrons. The van der Waals surface area contributed by atoms with Crippen molar-refractivity contribution < 1.29 is 9.53 Å². The van der Waals surface area contributed by atoms with E-state index in [4.69, 9.17) is 10.5 Å². The summed E-state index contributed by atoms with van der Waals surface area (Å²) in [6.45, 7) is 7.94. The number of carbonyl (C=O) groups excluding carboxylic acids is 1. The fourth-order valence-corrected chi connectivity index (χ4v) is 2.07. The zero-order valence-corrected chi connectivity index (χ0v) is 12.7. The molecule has 1 fully saturated rings. The number of halogens is 2. The van der Waals surface area contributed by atoms with E-state index in [1.54, 1.807) is 0 Å². The van der Waals surface area contributed by atoms with Crippen LogP contribution in [0.3, 0.4) is 0 Å². The van der Waals surface area contributed by atoms with Crippen LogP contribution in [0.4, 0.5) is 0 Å². The molecule has 1 aliphatic rings. The molecule has 0 aromatic carbocycles. The average molecular weight is 302 g/mol. The van der Waals surface area contributed by atoms with Gasteiger partial charge in [0.05, 0.1) is 18.8 Å². The van der Waals surface area contributed by atoms with Gasteiger partial charge in [0.15, 0.2) is 0 Å². The molecule has 1 aliphatic heterocycles. The number of ether oxygens (including phenoxy) is 1. The van der Waals surface area contributed by atoms with E-state index in [0.29, 0.717) is 18.8 Å². The predicted molar refractivity (Wildman–Crippen MR) is 77.6 cm³/mol. The molecule has 0 bridgehead atoms. The van der Waals surface area contributed by atoms with Gasteiger partial charge in [-0.3, -0.25) is 9.69 Å². The second-order valence-corrected chi connectivity index (χ2v) is 4.42. The van der Waals surface area contributed by atoms with Gasteiger partial charge in [-0.25, -0.2) is 0 Å². The third-order valence-electron chi connectivity index (χ3n) is 2.65. The zero-order valence-electron chi connectivity index (χ0n) is 11.1. The summed E-state index contributed by atoms with van der Waals surface area (Å²) in [7, 11) is 0. The van der Waals surface area contributed by atoms with Crippen LogP contribution < -0.4 is 11.1 Å². The number of nitrogens with one attached hydrogen (secondary N) is 1.